The Labute approximate surface area is 108 Å². The molecule has 0 aliphatic carbocycles. The topological polar surface area (TPSA) is 0 Å². The van der Waals surface area contributed by atoms with E-state index in [-0.39, 0.29) is 0 Å². The highest BCUT2D eigenvalue weighted by molar-refractivity contribution is 6.77. The molecule has 0 fully saturated rings. The fourth-order valence-corrected chi connectivity index (χ4v) is 2.51. The molecule has 1 rings (SSSR count). The highest BCUT2D eigenvalue weighted by Gasteiger charge is 2.20. The number of rotatable bonds is 6. The maximum Gasteiger partial charge on any atom is 0.0474 e. The largest absolute Gasteiger partial charge is 0.0885 e. The quantitative estimate of drug-likeness (QED) is 0.472. The van der Waals surface area contributed by atoms with Crippen LogP contribution in [0.2, 0.25) is 25.2 Å². The van der Waals surface area contributed by atoms with Crippen molar-refractivity contribution in [2.24, 2.45) is 0 Å². The molecular weight excluding hydrogens is 220 g/mol. The second-order valence-electron chi connectivity index (χ2n) is 6.00. The highest BCUT2D eigenvalue weighted by atomic mass is 28.3. The molecule has 0 radical (unpaired) electrons. The fourth-order valence-electron chi connectivity index (χ4n) is 1.67. The molecule has 0 N–H and O–H groups in total. The summed E-state index contributed by atoms with van der Waals surface area (Å²) in [6.07, 6.45) is 8.32. The van der Waals surface area contributed by atoms with Gasteiger partial charge in [0.2, 0.25) is 0 Å². The van der Waals surface area contributed by atoms with Crippen molar-refractivity contribution < 1.29 is 0 Å². The number of benzene rings is 1. The molecule has 0 spiro atoms. The molecule has 0 aliphatic rings. The maximum atomic E-state index is 2.45. The summed E-state index contributed by atoms with van der Waals surface area (Å²) < 4.78 is 0. The monoisotopic (exact) mass is 246 g/mol. The van der Waals surface area contributed by atoms with Crippen molar-refractivity contribution in [1.29, 1.82) is 0 Å². The van der Waals surface area contributed by atoms with Crippen molar-refractivity contribution in [3.05, 3.63) is 48.0 Å². The lowest BCUT2D eigenvalue weighted by atomic mass is 10.1. The van der Waals surface area contributed by atoms with Gasteiger partial charge in [-0.15, -0.1) is 0 Å². The lowest BCUT2D eigenvalue weighted by Crippen LogP contribution is -2.25. The van der Waals surface area contributed by atoms with Gasteiger partial charge in [-0.2, -0.15) is 0 Å². The van der Waals surface area contributed by atoms with E-state index in [2.05, 4.69) is 69.0 Å². The lowest BCUT2D eigenvalue weighted by molar-refractivity contribution is 0.894. The molecule has 0 heterocycles. The van der Waals surface area contributed by atoms with Crippen LogP contribution in [0.1, 0.15) is 25.3 Å². The molecule has 0 aromatic heterocycles. The maximum absolute atomic E-state index is 2.45. The normalized spacial score (nSPS) is 14.1. The van der Waals surface area contributed by atoms with Crippen molar-refractivity contribution in [2.45, 2.75) is 51.4 Å². The van der Waals surface area contributed by atoms with E-state index in [9.17, 15) is 0 Å². The molecule has 0 bridgehead atoms. The van der Waals surface area contributed by atoms with Crippen molar-refractivity contribution in [2.75, 3.05) is 0 Å². The minimum absolute atomic E-state index is 0.885. The second-order valence-corrected chi connectivity index (χ2v) is 11.7. The molecule has 1 aromatic carbocycles. The van der Waals surface area contributed by atoms with Gasteiger partial charge in [-0.3, -0.25) is 0 Å². The van der Waals surface area contributed by atoms with E-state index < -0.39 is 8.07 Å². The molecule has 0 saturated heterocycles. The fraction of sp³-hybridized carbons (Fsp3) is 0.500. The summed E-state index contributed by atoms with van der Waals surface area (Å²) in [6.45, 7) is 9.76. The van der Waals surface area contributed by atoms with Crippen molar-refractivity contribution in [3.8, 4) is 0 Å². The Bertz CT molecular complexity index is 332. The Kier molecular flexibility index (Phi) is 5.70. The second kappa shape index (κ2) is 6.80. The molecule has 0 amide bonds. The molecule has 1 heteroatoms. The van der Waals surface area contributed by atoms with Crippen LogP contribution in [0.5, 0.6) is 0 Å². The summed E-state index contributed by atoms with van der Waals surface area (Å²) in [6, 6.07) is 10.7. The van der Waals surface area contributed by atoms with Crippen molar-refractivity contribution in [3.63, 3.8) is 0 Å². The molecule has 1 unspecified atom stereocenters. The van der Waals surface area contributed by atoms with Crippen LogP contribution in [0, 0.1) is 0 Å². The summed E-state index contributed by atoms with van der Waals surface area (Å²) >= 11 is 0. The Morgan fingerprint density at radius 2 is 1.71 bits per heavy atom. The first-order chi connectivity index (χ1) is 8.00. The third-order valence-corrected chi connectivity index (χ3v) is 6.77. The zero-order chi connectivity index (χ0) is 12.7. The third kappa shape index (κ3) is 5.88. The van der Waals surface area contributed by atoms with E-state index in [0.717, 1.165) is 5.54 Å². The first kappa shape index (κ1) is 14.2. The van der Waals surface area contributed by atoms with Gasteiger partial charge in [-0.25, -0.2) is 0 Å². The van der Waals surface area contributed by atoms with Crippen LogP contribution < -0.4 is 0 Å². The van der Waals surface area contributed by atoms with Gasteiger partial charge in [-0.1, -0.05) is 69.0 Å². The van der Waals surface area contributed by atoms with Gasteiger partial charge in [-0.05, 0) is 30.4 Å². The smallest absolute Gasteiger partial charge is 0.0474 e. The zero-order valence-electron chi connectivity index (χ0n) is 11.7. The SMILES string of the molecule is CC(C/C=C/CCc1ccccc1)[Si](C)(C)C. The molecule has 0 aliphatic heterocycles. The van der Waals surface area contributed by atoms with Crippen LogP contribution in [0.3, 0.4) is 0 Å². The zero-order valence-corrected chi connectivity index (χ0v) is 12.7. The van der Waals surface area contributed by atoms with Crippen molar-refractivity contribution >= 4 is 8.07 Å². The third-order valence-electron chi connectivity index (χ3n) is 3.58. The summed E-state index contributed by atoms with van der Waals surface area (Å²) in [5.74, 6) is 0. The molecule has 1 aromatic rings. The Balaban J connectivity index is 2.23. The minimum atomic E-state index is -0.936. The van der Waals surface area contributed by atoms with Crippen LogP contribution in [-0.4, -0.2) is 8.07 Å². The van der Waals surface area contributed by atoms with Gasteiger partial charge in [0, 0.05) is 8.07 Å². The Morgan fingerprint density at radius 3 is 2.29 bits per heavy atom. The lowest BCUT2D eigenvalue weighted by Gasteiger charge is -2.23. The summed E-state index contributed by atoms with van der Waals surface area (Å²) in [4.78, 5) is 0. The van der Waals surface area contributed by atoms with E-state index in [1.165, 1.54) is 24.8 Å². The Morgan fingerprint density at radius 1 is 1.06 bits per heavy atom. The van der Waals surface area contributed by atoms with Gasteiger partial charge in [0.25, 0.3) is 0 Å². The van der Waals surface area contributed by atoms with E-state index in [4.69, 9.17) is 0 Å². The first-order valence-corrected chi connectivity index (χ1v) is 10.3. The number of hydrogen-bond acceptors (Lipinski definition) is 0. The molecule has 94 valence electrons. The first-order valence-electron chi connectivity index (χ1n) is 6.69. The standard InChI is InChI=1S/C16H26Si/c1-15(17(2,3)4)11-7-5-8-12-16-13-9-6-10-14-16/h5-7,9-10,13-15H,8,11-12H2,1-4H3/b7-5+. The van der Waals surface area contributed by atoms with Crippen LogP contribution in [-0.2, 0) is 6.42 Å². The molecule has 0 nitrogen and oxygen atoms in total. The summed E-state index contributed by atoms with van der Waals surface area (Å²) in [5.41, 5.74) is 2.32. The van der Waals surface area contributed by atoms with Gasteiger partial charge >= 0.3 is 0 Å². The molecule has 1 atom stereocenters. The molecule has 0 saturated carbocycles. The van der Waals surface area contributed by atoms with Crippen molar-refractivity contribution in [1.82, 2.24) is 0 Å². The van der Waals surface area contributed by atoms with Crippen LogP contribution in [0.15, 0.2) is 42.5 Å². The average molecular weight is 246 g/mol. The van der Waals surface area contributed by atoms with Crippen LogP contribution >= 0.6 is 0 Å². The van der Waals surface area contributed by atoms with Gasteiger partial charge in [0.15, 0.2) is 0 Å². The minimum Gasteiger partial charge on any atom is -0.0885 e. The summed E-state index contributed by atoms with van der Waals surface area (Å²) in [5, 5.41) is 0. The summed E-state index contributed by atoms with van der Waals surface area (Å²) in [7, 11) is -0.936. The van der Waals surface area contributed by atoms with Gasteiger partial charge in [0.1, 0.15) is 0 Å². The average Bonchev–Trinajstić information content (AvgIpc) is 2.28. The van der Waals surface area contributed by atoms with E-state index in [1.54, 1.807) is 0 Å². The Hall–Kier alpha value is -0.823. The predicted octanol–water partition coefficient (Wildman–Crippen LogP) is 5.29. The predicted molar refractivity (Wildman–Crippen MR) is 81.3 cm³/mol. The highest BCUT2D eigenvalue weighted by Crippen LogP contribution is 2.24. The van der Waals surface area contributed by atoms with Gasteiger partial charge in [0.05, 0.1) is 0 Å². The number of aryl methyl sites for hydroxylation is 1. The van der Waals surface area contributed by atoms with Gasteiger partial charge < -0.3 is 0 Å². The number of allylic oxidation sites excluding steroid dienone is 2. The molecule has 17 heavy (non-hydrogen) atoms. The number of hydrogen-bond donors (Lipinski definition) is 0. The van der Waals surface area contributed by atoms with E-state index >= 15 is 0 Å². The molecular formula is C16H26Si. The van der Waals surface area contributed by atoms with E-state index in [1.807, 2.05) is 0 Å². The van der Waals surface area contributed by atoms with Crippen LogP contribution in [0.4, 0.5) is 0 Å². The van der Waals surface area contributed by atoms with E-state index in [0.29, 0.717) is 0 Å². The van der Waals surface area contributed by atoms with Crippen LogP contribution in [0.25, 0.3) is 0 Å².